The minimum absolute atomic E-state index is 0.194. The zero-order valence-electron chi connectivity index (χ0n) is 9.78. The molecule has 1 unspecified atom stereocenters. The van der Waals surface area contributed by atoms with Crippen LogP contribution in [0.5, 0.6) is 0 Å². The van der Waals surface area contributed by atoms with E-state index in [1.807, 2.05) is 25.4 Å². The number of halogens is 1. The van der Waals surface area contributed by atoms with Gasteiger partial charge in [0.2, 0.25) is 0 Å². The van der Waals surface area contributed by atoms with Gasteiger partial charge >= 0.3 is 0 Å². The summed E-state index contributed by atoms with van der Waals surface area (Å²) in [4.78, 5) is 7.29. The maximum Gasteiger partial charge on any atom is 0.123 e. The fraction of sp³-hybridized carbons (Fsp3) is 0.308. The monoisotopic (exact) mass is 233 g/mol. The Morgan fingerprint density at radius 2 is 2.06 bits per heavy atom. The van der Waals surface area contributed by atoms with Gasteiger partial charge in [-0.15, -0.1) is 0 Å². The Morgan fingerprint density at radius 1 is 1.29 bits per heavy atom. The SMILES string of the molecule is CNC(Cc1ccc(F)cc1)Cc1ncc[nH]1. The van der Waals surface area contributed by atoms with Crippen molar-refractivity contribution in [2.24, 2.45) is 0 Å². The highest BCUT2D eigenvalue weighted by Crippen LogP contribution is 2.08. The highest BCUT2D eigenvalue weighted by atomic mass is 19.1. The molecular weight excluding hydrogens is 217 g/mol. The quantitative estimate of drug-likeness (QED) is 0.828. The first-order valence-electron chi connectivity index (χ1n) is 5.68. The van der Waals surface area contributed by atoms with Crippen molar-refractivity contribution in [1.82, 2.24) is 15.3 Å². The van der Waals surface area contributed by atoms with Gasteiger partial charge in [0.25, 0.3) is 0 Å². The lowest BCUT2D eigenvalue weighted by Gasteiger charge is -2.14. The van der Waals surface area contributed by atoms with Crippen molar-refractivity contribution in [2.45, 2.75) is 18.9 Å². The molecule has 4 heteroatoms. The Morgan fingerprint density at radius 3 is 2.65 bits per heavy atom. The van der Waals surface area contributed by atoms with Crippen LogP contribution in [0.1, 0.15) is 11.4 Å². The minimum Gasteiger partial charge on any atom is -0.349 e. The Balaban J connectivity index is 1.97. The second kappa shape index (κ2) is 5.59. The second-order valence-electron chi connectivity index (χ2n) is 4.06. The molecule has 0 fully saturated rings. The van der Waals surface area contributed by atoms with Crippen molar-refractivity contribution in [3.8, 4) is 0 Å². The summed E-state index contributed by atoms with van der Waals surface area (Å²) in [6, 6.07) is 6.93. The van der Waals surface area contributed by atoms with Crippen LogP contribution in [0.15, 0.2) is 36.7 Å². The normalized spacial score (nSPS) is 12.6. The van der Waals surface area contributed by atoms with Gasteiger partial charge in [0.15, 0.2) is 0 Å². The van der Waals surface area contributed by atoms with Gasteiger partial charge in [-0.3, -0.25) is 0 Å². The predicted molar refractivity (Wildman–Crippen MR) is 65.2 cm³/mol. The molecule has 0 radical (unpaired) electrons. The third kappa shape index (κ3) is 3.39. The van der Waals surface area contributed by atoms with Crippen molar-refractivity contribution in [3.05, 3.63) is 53.9 Å². The van der Waals surface area contributed by atoms with E-state index in [9.17, 15) is 4.39 Å². The number of imidazole rings is 1. The van der Waals surface area contributed by atoms with E-state index in [1.54, 1.807) is 6.20 Å². The molecule has 0 saturated carbocycles. The van der Waals surface area contributed by atoms with Crippen LogP contribution in [0, 0.1) is 5.82 Å². The smallest absolute Gasteiger partial charge is 0.123 e. The molecule has 2 rings (SSSR count). The second-order valence-corrected chi connectivity index (χ2v) is 4.06. The van der Waals surface area contributed by atoms with Crippen molar-refractivity contribution < 1.29 is 4.39 Å². The molecule has 0 bridgehead atoms. The summed E-state index contributed by atoms with van der Waals surface area (Å²) in [5.41, 5.74) is 1.12. The summed E-state index contributed by atoms with van der Waals surface area (Å²) in [5, 5.41) is 3.25. The van der Waals surface area contributed by atoms with Gasteiger partial charge in [-0.05, 0) is 31.2 Å². The van der Waals surface area contributed by atoms with Crippen molar-refractivity contribution >= 4 is 0 Å². The molecule has 2 N–H and O–H groups in total. The molecule has 0 aliphatic rings. The van der Waals surface area contributed by atoms with E-state index in [0.717, 1.165) is 24.2 Å². The summed E-state index contributed by atoms with van der Waals surface area (Å²) in [7, 11) is 1.93. The van der Waals surface area contributed by atoms with Crippen LogP contribution in [0.3, 0.4) is 0 Å². The van der Waals surface area contributed by atoms with Crippen LogP contribution in [0.25, 0.3) is 0 Å². The van der Waals surface area contributed by atoms with Crippen LogP contribution in [0.2, 0.25) is 0 Å². The molecule has 1 aromatic heterocycles. The number of H-pyrrole nitrogens is 1. The van der Waals surface area contributed by atoms with Crippen LogP contribution in [-0.2, 0) is 12.8 Å². The molecular formula is C13H16FN3. The molecule has 0 saturated heterocycles. The average molecular weight is 233 g/mol. The summed E-state index contributed by atoms with van der Waals surface area (Å²) >= 11 is 0. The van der Waals surface area contributed by atoms with E-state index in [4.69, 9.17) is 0 Å². The average Bonchev–Trinajstić information content (AvgIpc) is 2.84. The topological polar surface area (TPSA) is 40.7 Å². The van der Waals surface area contributed by atoms with Gasteiger partial charge < -0.3 is 10.3 Å². The first kappa shape index (κ1) is 11.8. The van der Waals surface area contributed by atoms with E-state index < -0.39 is 0 Å². The summed E-state index contributed by atoms with van der Waals surface area (Å²) < 4.78 is 12.8. The van der Waals surface area contributed by atoms with Gasteiger partial charge in [-0.25, -0.2) is 9.37 Å². The summed E-state index contributed by atoms with van der Waals surface area (Å²) in [6.07, 6.45) is 5.26. The fourth-order valence-electron chi connectivity index (χ4n) is 1.82. The number of nitrogens with zero attached hydrogens (tertiary/aromatic N) is 1. The molecule has 0 aliphatic heterocycles. The maximum atomic E-state index is 12.8. The lowest BCUT2D eigenvalue weighted by Crippen LogP contribution is -2.30. The summed E-state index contributed by atoms with van der Waals surface area (Å²) in [6.45, 7) is 0. The van der Waals surface area contributed by atoms with Crippen molar-refractivity contribution in [3.63, 3.8) is 0 Å². The van der Waals surface area contributed by atoms with E-state index in [-0.39, 0.29) is 5.82 Å². The Hall–Kier alpha value is -1.68. The van der Waals surface area contributed by atoms with E-state index >= 15 is 0 Å². The predicted octanol–water partition coefficient (Wildman–Crippen LogP) is 1.92. The van der Waals surface area contributed by atoms with Gasteiger partial charge in [0, 0.05) is 24.9 Å². The highest BCUT2D eigenvalue weighted by molar-refractivity contribution is 5.17. The molecule has 3 nitrogen and oxygen atoms in total. The van der Waals surface area contributed by atoms with Crippen molar-refractivity contribution in [1.29, 1.82) is 0 Å². The molecule has 2 aromatic rings. The van der Waals surface area contributed by atoms with Crippen LogP contribution in [0.4, 0.5) is 4.39 Å². The Labute approximate surface area is 100 Å². The van der Waals surface area contributed by atoms with Crippen LogP contribution < -0.4 is 5.32 Å². The first-order valence-corrected chi connectivity index (χ1v) is 5.68. The highest BCUT2D eigenvalue weighted by Gasteiger charge is 2.09. The zero-order chi connectivity index (χ0) is 12.1. The van der Waals surface area contributed by atoms with Gasteiger partial charge in [-0.2, -0.15) is 0 Å². The van der Waals surface area contributed by atoms with Crippen LogP contribution >= 0.6 is 0 Å². The lowest BCUT2D eigenvalue weighted by molar-refractivity contribution is 0.544. The number of aromatic nitrogens is 2. The minimum atomic E-state index is -0.194. The van der Waals surface area contributed by atoms with Gasteiger partial charge in [0.1, 0.15) is 11.6 Å². The molecule has 17 heavy (non-hydrogen) atoms. The van der Waals surface area contributed by atoms with E-state index in [2.05, 4.69) is 15.3 Å². The molecule has 0 aliphatic carbocycles. The third-order valence-electron chi connectivity index (χ3n) is 2.80. The standard InChI is InChI=1S/C13H16FN3/c1-15-12(9-13-16-6-7-17-13)8-10-2-4-11(14)5-3-10/h2-7,12,15H,8-9H2,1H3,(H,16,17). The molecule has 1 heterocycles. The van der Waals surface area contributed by atoms with Gasteiger partial charge in [-0.1, -0.05) is 12.1 Å². The van der Waals surface area contributed by atoms with Gasteiger partial charge in [0.05, 0.1) is 0 Å². The Kier molecular flexibility index (Phi) is 3.88. The number of likely N-dealkylation sites (N-methyl/N-ethyl adjacent to an activating group) is 1. The van der Waals surface area contributed by atoms with E-state index in [1.165, 1.54) is 12.1 Å². The molecule has 90 valence electrons. The molecule has 0 spiro atoms. The van der Waals surface area contributed by atoms with E-state index in [0.29, 0.717) is 6.04 Å². The largest absolute Gasteiger partial charge is 0.349 e. The maximum absolute atomic E-state index is 12.8. The zero-order valence-corrected chi connectivity index (χ0v) is 9.78. The third-order valence-corrected chi connectivity index (χ3v) is 2.80. The number of rotatable bonds is 5. The molecule has 0 amide bonds. The number of hydrogen-bond acceptors (Lipinski definition) is 2. The molecule has 1 atom stereocenters. The first-order chi connectivity index (χ1) is 8.28. The summed E-state index contributed by atoms with van der Waals surface area (Å²) in [5.74, 6) is 0.771. The fourth-order valence-corrected chi connectivity index (χ4v) is 1.82. The van der Waals surface area contributed by atoms with Crippen molar-refractivity contribution in [2.75, 3.05) is 7.05 Å². The number of nitrogens with one attached hydrogen (secondary N) is 2. The number of hydrogen-bond donors (Lipinski definition) is 2. The Bertz CT molecular complexity index is 436. The van der Waals surface area contributed by atoms with Crippen LogP contribution in [-0.4, -0.2) is 23.1 Å². The number of aromatic amines is 1. The number of benzene rings is 1. The molecule has 1 aromatic carbocycles. The lowest BCUT2D eigenvalue weighted by atomic mass is 10.0.